The molecule has 1 aromatic carbocycles. The Hall–Kier alpha value is -2.25. The Kier molecular flexibility index (Phi) is 4.27. The van der Waals surface area contributed by atoms with Crippen molar-refractivity contribution in [3.63, 3.8) is 0 Å². The van der Waals surface area contributed by atoms with Crippen molar-refractivity contribution >= 4 is 11.6 Å². The maximum absolute atomic E-state index is 6.17. The molecule has 1 unspecified atom stereocenters. The van der Waals surface area contributed by atoms with Crippen LogP contribution in [0.25, 0.3) is 11.7 Å². The monoisotopic (exact) mass is 344 g/mol. The molecule has 1 fully saturated rings. The molecular formula is C16H17ClN6O. The van der Waals surface area contributed by atoms with Gasteiger partial charge in [-0.1, -0.05) is 35.0 Å². The summed E-state index contributed by atoms with van der Waals surface area (Å²) in [7, 11) is 0. The highest BCUT2D eigenvalue weighted by molar-refractivity contribution is 6.31. The van der Waals surface area contributed by atoms with Gasteiger partial charge >= 0.3 is 0 Å². The third kappa shape index (κ3) is 3.18. The topological polar surface area (TPSA) is 81.7 Å². The molecule has 0 radical (unpaired) electrons. The minimum Gasteiger partial charge on any atom is -0.330 e. The number of halogens is 1. The number of piperidine rings is 1. The second-order valence-electron chi connectivity index (χ2n) is 5.83. The summed E-state index contributed by atoms with van der Waals surface area (Å²) >= 11 is 6.17. The van der Waals surface area contributed by atoms with E-state index in [2.05, 4.69) is 25.5 Å². The molecule has 1 atom stereocenters. The molecule has 1 N–H and O–H groups in total. The van der Waals surface area contributed by atoms with Crippen LogP contribution in [0.3, 0.4) is 0 Å². The number of hydrogen-bond acceptors (Lipinski definition) is 6. The molecule has 1 aliphatic rings. The zero-order valence-corrected chi connectivity index (χ0v) is 13.8. The number of hydrogen-bond donors (Lipinski definition) is 1. The Morgan fingerprint density at radius 1 is 1.33 bits per heavy atom. The fourth-order valence-corrected chi connectivity index (χ4v) is 3.04. The highest BCUT2D eigenvalue weighted by atomic mass is 35.5. The van der Waals surface area contributed by atoms with E-state index in [1.165, 1.54) is 0 Å². The SMILES string of the molecule is Clc1ccccc1Cc1noc(-c2ncn(C3CCCNC3)n2)n1. The van der Waals surface area contributed by atoms with Gasteiger partial charge in [0.2, 0.25) is 5.82 Å². The molecule has 1 aliphatic heterocycles. The zero-order chi connectivity index (χ0) is 16.4. The molecule has 1 saturated heterocycles. The average Bonchev–Trinajstić information content (AvgIpc) is 3.27. The van der Waals surface area contributed by atoms with Crippen molar-refractivity contribution in [1.82, 2.24) is 30.2 Å². The van der Waals surface area contributed by atoms with Crippen molar-refractivity contribution in [3.8, 4) is 11.7 Å². The Bertz CT molecular complexity index is 823. The zero-order valence-electron chi connectivity index (χ0n) is 13.0. The Balaban J connectivity index is 1.50. The summed E-state index contributed by atoms with van der Waals surface area (Å²) in [6, 6.07) is 7.94. The minimum atomic E-state index is 0.325. The second-order valence-corrected chi connectivity index (χ2v) is 6.24. The molecule has 4 rings (SSSR count). The first kappa shape index (κ1) is 15.3. The predicted molar refractivity (Wildman–Crippen MR) is 88.7 cm³/mol. The lowest BCUT2D eigenvalue weighted by molar-refractivity contribution is 0.345. The van der Waals surface area contributed by atoms with Gasteiger partial charge < -0.3 is 9.84 Å². The lowest BCUT2D eigenvalue weighted by Crippen LogP contribution is -2.31. The Labute approximate surface area is 144 Å². The third-order valence-electron chi connectivity index (χ3n) is 4.12. The molecule has 0 aliphatic carbocycles. The number of rotatable bonds is 4. The van der Waals surface area contributed by atoms with Crippen molar-refractivity contribution < 1.29 is 4.52 Å². The standard InChI is InChI=1S/C16H17ClN6O/c17-13-6-2-1-4-11(13)8-14-20-16(24-22-14)15-19-10-23(21-15)12-5-3-7-18-9-12/h1-2,4,6,10,12,18H,3,5,7-9H2. The third-order valence-corrected chi connectivity index (χ3v) is 4.49. The van der Waals surface area contributed by atoms with Gasteiger partial charge in [-0.25, -0.2) is 9.67 Å². The van der Waals surface area contributed by atoms with Crippen LogP contribution in [-0.4, -0.2) is 38.0 Å². The first-order valence-corrected chi connectivity index (χ1v) is 8.35. The van der Waals surface area contributed by atoms with Crippen molar-refractivity contribution in [2.75, 3.05) is 13.1 Å². The quantitative estimate of drug-likeness (QED) is 0.783. The van der Waals surface area contributed by atoms with Crippen LogP contribution < -0.4 is 5.32 Å². The summed E-state index contributed by atoms with van der Waals surface area (Å²) in [6.07, 6.45) is 4.47. The van der Waals surface area contributed by atoms with E-state index in [4.69, 9.17) is 16.1 Å². The van der Waals surface area contributed by atoms with Crippen LogP contribution in [0.5, 0.6) is 0 Å². The van der Waals surface area contributed by atoms with Gasteiger partial charge in [-0.15, -0.1) is 5.10 Å². The Morgan fingerprint density at radius 3 is 3.08 bits per heavy atom. The van der Waals surface area contributed by atoms with Gasteiger partial charge in [0.15, 0.2) is 5.82 Å². The van der Waals surface area contributed by atoms with Crippen LogP contribution in [-0.2, 0) is 6.42 Å². The fraction of sp³-hybridized carbons (Fsp3) is 0.375. The van der Waals surface area contributed by atoms with Crippen molar-refractivity contribution in [2.24, 2.45) is 0 Å². The number of aromatic nitrogens is 5. The highest BCUT2D eigenvalue weighted by Crippen LogP contribution is 2.20. The largest absolute Gasteiger partial charge is 0.330 e. The summed E-state index contributed by atoms with van der Waals surface area (Å²) in [5.74, 6) is 1.35. The lowest BCUT2D eigenvalue weighted by Gasteiger charge is -2.22. The second kappa shape index (κ2) is 6.70. The van der Waals surface area contributed by atoms with Gasteiger partial charge in [0.05, 0.1) is 6.04 Å². The van der Waals surface area contributed by atoms with E-state index in [0.717, 1.165) is 31.5 Å². The van der Waals surface area contributed by atoms with E-state index in [-0.39, 0.29) is 0 Å². The molecule has 0 amide bonds. The molecular weight excluding hydrogens is 328 g/mol. The van der Waals surface area contributed by atoms with Crippen LogP contribution in [0.2, 0.25) is 5.02 Å². The normalized spacial score (nSPS) is 18.0. The molecule has 2 aromatic heterocycles. The minimum absolute atomic E-state index is 0.325. The van der Waals surface area contributed by atoms with Gasteiger partial charge in [-0.3, -0.25) is 0 Å². The van der Waals surface area contributed by atoms with Crippen LogP contribution >= 0.6 is 11.6 Å². The molecule has 7 nitrogen and oxygen atoms in total. The lowest BCUT2D eigenvalue weighted by atomic mass is 10.1. The number of benzene rings is 1. The first-order chi connectivity index (χ1) is 11.8. The van der Waals surface area contributed by atoms with E-state index < -0.39 is 0 Å². The highest BCUT2D eigenvalue weighted by Gasteiger charge is 2.19. The van der Waals surface area contributed by atoms with Gasteiger partial charge in [-0.2, -0.15) is 4.98 Å². The van der Waals surface area contributed by atoms with E-state index in [1.54, 1.807) is 6.33 Å². The van der Waals surface area contributed by atoms with E-state index in [9.17, 15) is 0 Å². The van der Waals surface area contributed by atoms with E-state index in [1.807, 2.05) is 28.9 Å². The number of nitrogens with one attached hydrogen (secondary N) is 1. The summed E-state index contributed by atoms with van der Waals surface area (Å²) in [5, 5.41) is 12.5. The van der Waals surface area contributed by atoms with Crippen LogP contribution in [0.15, 0.2) is 35.1 Å². The summed E-state index contributed by atoms with van der Waals surface area (Å²) in [5.41, 5.74) is 0.957. The van der Waals surface area contributed by atoms with Crippen molar-refractivity contribution in [1.29, 1.82) is 0 Å². The molecule has 8 heteroatoms. The average molecular weight is 345 g/mol. The van der Waals surface area contributed by atoms with Gasteiger partial charge in [0, 0.05) is 18.0 Å². The molecule has 0 saturated carbocycles. The van der Waals surface area contributed by atoms with Crippen LogP contribution in [0.1, 0.15) is 30.3 Å². The summed E-state index contributed by atoms with van der Waals surface area (Å²) < 4.78 is 7.18. The van der Waals surface area contributed by atoms with Crippen molar-refractivity contribution in [3.05, 3.63) is 47.0 Å². The van der Waals surface area contributed by atoms with Gasteiger partial charge in [0.25, 0.3) is 5.89 Å². The van der Waals surface area contributed by atoms with Crippen LogP contribution in [0, 0.1) is 0 Å². The molecule has 3 heterocycles. The molecule has 3 aromatic rings. The molecule has 0 spiro atoms. The smallest absolute Gasteiger partial charge is 0.297 e. The van der Waals surface area contributed by atoms with Crippen LogP contribution in [0.4, 0.5) is 0 Å². The maximum atomic E-state index is 6.17. The first-order valence-electron chi connectivity index (χ1n) is 7.98. The van der Waals surface area contributed by atoms with E-state index >= 15 is 0 Å². The summed E-state index contributed by atoms with van der Waals surface area (Å²) in [6.45, 7) is 1.97. The fourth-order valence-electron chi connectivity index (χ4n) is 2.84. The molecule has 0 bridgehead atoms. The number of nitrogens with zero attached hydrogens (tertiary/aromatic N) is 5. The van der Waals surface area contributed by atoms with Crippen molar-refractivity contribution in [2.45, 2.75) is 25.3 Å². The van der Waals surface area contributed by atoms with Gasteiger partial charge in [-0.05, 0) is 31.0 Å². The maximum Gasteiger partial charge on any atom is 0.297 e. The van der Waals surface area contributed by atoms with Gasteiger partial charge in [0.1, 0.15) is 6.33 Å². The molecule has 24 heavy (non-hydrogen) atoms. The molecule has 124 valence electrons. The Morgan fingerprint density at radius 2 is 2.25 bits per heavy atom. The van der Waals surface area contributed by atoms with E-state index in [0.29, 0.717) is 35.0 Å². The predicted octanol–water partition coefficient (Wildman–Crippen LogP) is 2.50. The summed E-state index contributed by atoms with van der Waals surface area (Å²) in [4.78, 5) is 8.69.